The predicted octanol–water partition coefficient (Wildman–Crippen LogP) is 1.97. The number of rotatable bonds is 2. The molecule has 3 heterocycles. The molecule has 0 aliphatic rings. The van der Waals surface area contributed by atoms with Gasteiger partial charge in [0, 0.05) is 11.6 Å². The highest BCUT2D eigenvalue weighted by Crippen LogP contribution is 2.25. The maximum atomic E-state index is 4.24. The maximum absolute atomic E-state index is 4.24. The summed E-state index contributed by atoms with van der Waals surface area (Å²) >= 11 is 0. The van der Waals surface area contributed by atoms with Crippen LogP contribution in [0.1, 0.15) is 0 Å². The van der Waals surface area contributed by atoms with Crippen LogP contribution in [0.15, 0.2) is 36.5 Å². The summed E-state index contributed by atoms with van der Waals surface area (Å²) in [5.41, 5.74) is 2.54. The van der Waals surface area contributed by atoms with Gasteiger partial charge in [0.1, 0.15) is 11.0 Å². The van der Waals surface area contributed by atoms with Crippen molar-refractivity contribution in [2.24, 2.45) is 0 Å². The Kier molecular flexibility index (Phi) is 1.99. The first kappa shape index (κ1) is 10.0. The standard InChI is InChI=1S/C12H9N7/c1-2-4-8-7(3-1)11(17-15-8)14-12-10-9(5-6-13-10)16-19-18-12/h1-6,13H,(H2,14,15,16,17,18). The van der Waals surface area contributed by atoms with Gasteiger partial charge in [0.2, 0.25) is 0 Å². The molecule has 7 heteroatoms. The number of nitrogens with zero attached hydrogens (tertiary/aromatic N) is 4. The van der Waals surface area contributed by atoms with Crippen molar-refractivity contribution in [1.29, 1.82) is 0 Å². The lowest BCUT2D eigenvalue weighted by Gasteiger charge is -2.02. The Morgan fingerprint density at radius 3 is 2.95 bits per heavy atom. The van der Waals surface area contributed by atoms with Gasteiger partial charge < -0.3 is 10.3 Å². The van der Waals surface area contributed by atoms with E-state index in [0.717, 1.165) is 21.9 Å². The summed E-state index contributed by atoms with van der Waals surface area (Å²) in [7, 11) is 0. The smallest absolute Gasteiger partial charge is 0.182 e. The van der Waals surface area contributed by atoms with Crippen molar-refractivity contribution in [2.45, 2.75) is 0 Å². The quantitative estimate of drug-likeness (QED) is 0.506. The van der Waals surface area contributed by atoms with Gasteiger partial charge in [-0.25, -0.2) is 0 Å². The highest BCUT2D eigenvalue weighted by Gasteiger charge is 2.10. The van der Waals surface area contributed by atoms with Crippen LogP contribution in [-0.2, 0) is 0 Å². The van der Waals surface area contributed by atoms with Crippen LogP contribution < -0.4 is 5.32 Å². The number of benzene rings is 1. The lowest BCUT2D eigenvalue weighted by Crippen LogP contribution is -1.98. The highest BCUT2D eigenvalue weighted by atomic mass is 15.3. The molecule has 19 heavy (non-hydrogen) atoms. The van der Waals surface area contributed by atoms with E-state index in [9.17, 15) is 0 Å². The fraction of sp³-hybridized carbons (Fsp3) is 0. The zero-order valence-corrected chi connectivity index (χ0v) is 9.75. The summed E-state index contributed by atoms with van der Waals surface area (Å²) < 4.78 is 0. The molecule has 0 saturated carbocycles. The minimum atomic E-state index is 0.604. The van der Waals surface area contributed by atoms with Crippen LogP contribution in [0.5, 0.6) is 0 Å². The molecule has 0 aliphatic carbocycles. The molecular formula is C12H9N7. The molecule has 4 aromatic rings. The second kappa shape index (κ2) is 3.77. The number of para-hydroxylation sites is 1. The van der Waals surface area contributed by atoms with Crippen molar-refractivity contribution >= 4 is 33.6 Å². The number of nitrogens with one attached hydrogen (secondary N) is 3. The van der Waals surface area contributed by atoms with Gasteiger partial charge in [-0.05, 0) is 23.4 Å². The molecule has 0 atom stereocenters. The van der Waals surface area contributed by atoms with Crippen LogP contribution in [0, 0.1) is 0 Å². The summed E-state index contributed by atoms with van der Waals surface area (Å²) in [4.78, 5) is 3.08. The third-order valence-corrected chi connectivity index (χ3v) is 2.97. The number of aromatic amines is 2. The molecule has 0 radical (unpaired) electrons. The molecular weight excluding hydrogens is 242 g/mol. The zero-order valence-electron chi connectivity index (χ0n) is 9.75. The van der Waals surface area contributed by atoms with Crippen molar-refractivity contribution in [3.05, 3.63) is 36.5 Å². The van der Waals surface area contributed by atoms with Crippen LogP contribution in [0.2, 0.25) is 0 Å². The van der Waals surface area contributed by atoms with Gasteiger partial charge in [-0.1, -0.05) is 12.1 Å². The Morgan fingerprint density at radius 2 is 1.95 bits per heavy atom. The Hall–Kier alpha value is -2.96. The molecule has 0 bridgehead atoms. The maximum Gasteiger partial charge on any atom is 0.182 e. The molecule has 0 unspecified atom stereocenters. The SMILES string of the molecule is c1ccc2c(Nc3nnnc4cc[nH]c34)n[nH]c2c1. The van der Waals surface area contributed by atoms with E-state index in [-0.39, 0.29) is 0 Å². The summed E-state index contributed by atoms with van der Waals surface area (Å²) in [6, 6.07) is 9.72. The van der Waals surface area contributed by atoms with Crippen LogP contribution in [0.25, 0.3) is 21.9 Å². The average molecular weight is 251 g/mol. The predicted molar refractivity (Wildman–Crippen MR) is 71.1 cm³/mol. The van der Waals surface area contributed by atoms with Gasteiger partial charge in [0.05, 0.1) is 5.52 Å². The topological polar surface area (TPSA) is 95.2 Å². The molecule has 0 fully saturated rings. The molecule has 0 amide bonds. The average Bonchev–Trinajstić information content (AvgIpc) is 3.06. The third kappa shape index (κ3) is 1.52. The fourth-order valence-electron chi connectivity index (χ4n) is 2.06. The summed E-state index contributed by atoms with van der Waals surface area (Å²) in [5.74, 6) is 1.32. The molecule has 0 aliphatic heterocycles. The Bertz CT molecular complexity index is 860. The molecule has 92 valence electrons. The van der Waals surface area contributed by atoms with Crippen LogP contribution in [0.4, 0.5) is 11.6 Å². The minimum Gasteiger partial charge on any atom is -0.357 e. The van der Waals surface area contributed by atoms with Crippen molar-refractivity contribution in [3.8, 4) is 0 Å². The minimum absolute atomic E-state index is 0.604. The van der Waals surface area contributed by atoms with E-state index in [1.54, 1.807) is 6.20 Å². The number of aromatic nitrogens is 6. The number of anilines is 2. The Morgan fingerprint density at radius 1 is 1.00 bits per heavy atom. The first-order chi connectivity index (χ1) is 9.42. The normalized spacial score (nSPS) is 11.2. The van der Waals surface area contributed by atoms with Crippen molar-refractivity contribution < 1.29 is 0 Å². The monoisotopic (exact) mass is 251 g/mol. The van der Waals surface area contributed by atoms with Gasteiger partial charge in [0.25, 0.3) is 0 Å². The van der Waals surface area contributed by atoms with E-state index in [2.05, 4.69) is 35.9 Å². The summed E-state index contributed by atoms with van der Waals surface area (Å²) in [6.45, 7) is 0. The zero-order chi connectivity index (χ0) is 12.7. The number of H-pyrrole nitrogens is 2. The Balaban J connectivity index is 1.84. The van der Waals surface area contributed by atoms with Crippen molar-refractivity contribution in [1.82, 2.24) is 30.6 Å². The fourth-order valence-corrected chi connectivity index (χ4v) is 2.06. The largest absolute Gasteiger partial charge is 0.357 e. The van der Waals surface area contributed by atoms with Crippen molar-refractivity contribution in [3.63, 3.8) is 0 Å². The molecule has 7 nitrogen and oxygen atoms in total. The number of hydrogen-bond acceptors (Lipinski definition) is 5. The summed E-state index contributed by atoms with van der Waals surface area (Å²) in [5, 5.41) is 23.0. The molecule has 3 N–H and O–H groups in total. The van der Waals surface area contributed by atoms with E-state index in [0.29, 0.717) is 11.6 Å². The second-order valence-electron chi connectivity index (χ2n) is 4.12. The lowest BCUT2D eigenvalue weighted by molar-refractivity contribution is 0.899. The van der Waals surface area contributed by atoms with Gasteiger partial charge >= 0.3 is 0 Å². The van der Waals surface area contributed by atoms with E-state index in [4.69, 9.17) is 0 Å². The third-order valence-electron chi connectivity index (χ3n) is 2.97. The van der Waals surface area contributed by atoms with Gasteiger partial charge in [-0.15, -0.1) is 10.2 Å². The van der Waals surface area contributed by atoms with Crippen LogP contribution >= 0.6 is 0 Å². The highest BCUT2D eigenvalue weighted by molar-refractivity contribution is 5.94. The van der Waals surface area contributed by atoms with Gasteiger partial charge in [-0.2, -0.15) is 5.10 Å². The number of fused-ring (bicyclic) bond motifs is 2. The summed E-state index contributed by atoms with van der Waals surface area (Å²) in [6.07, 6.45) is 1.80. The van der Waals surface area contributed by atoms with Crippen LogP contribution in [-0.4, -0.2) is 30.6 Å². The van der Waals surface area contributed by atoms with E-state index in [1.807, 2.05) is 30.3 Å². The van der Waals surface area contributed by atoms with Crippen molar-refractivity contribution in [2.75, 3.05) is 5.32 Å². The number of hydrogen-bond donors (Lipinski definition) is 3. The molecule has 1 aromatic carbocycles. The van der Waals surface area contributed by atoms with E-state index >= 15 is 0 Å². The first-order valence-electron chi connectivity index (χ1n) is 5.78. The second-order valence-corrected chi connectivity index (χ2v) is 4.12. The molecule has 0 spiro atoms. The van der Waals surface area contributed by atoms with E-state index < -0.39 is 0 Å². The first-order valence-corrected chi connectivity index (χ1v) is 5.78. The Labute approximate surface area is 107 Å². The molecule has 4 rings (SSSR count). The lowest BCUT2D eigenvalue weighted by atomic mass is 10.2. The van der Waals surface area contributed by atoms with E-state index in [1.165, 1.54) is 0 Å². The molecule has 3 aromatic heterocycles. The molecule has 0 saturated heterocycles. The van der Waals surface area contributed by atoms with Crippen LogP contribution in [0.3, 0.4) is 0 Å². The van der Waals surface area contributed by atoms with Gasteiger partial charge in [-0.3, -0.25) is 5.10 Å². The van der Waals surface area contributed by atoms with Gasteiger partial charge in [0.15, 0.2) is 11.6 Å².